The molecule has 2 aromatic heterocycles. The molecule has 0 radical (unpaired) electrons. The first-order chi connectivity index (χ1) is 25.2. The van der Waals surface area contributed by atoms with E-state index >= 15 is 0 Å². The summed E-state index contributed by atoms with van der Waals surface area (Å²) in [6.45, 7) is 4.31. The van der Waals surface area contributed by atoms with Gasteiger partial charge in [0.1, 0.15) is 23.6 Å². The van der Waals surface area contributed by atoms with E-state index in [4.69, 9.17) is 9.47 Å². The van der Waals surface area contributed by atoms with Crippen molar-refractivity contribution < 1.29 is 28.7 Å². The Morgan fingerprint density at radius 2 is 1.38 bits per heavy atom. The number of nitrogens with zero attached hydrogens (tertiary/aromatic N) is 5. The second-order valence-corrected chi connectivity index (χ2v) is 13.6. The number of pyridine rings is 1. The number of nitrogens with one attached hydrogen (secondary N) is 2. The van der Waals surface area contributed by atoms with E-state index < -0.39 is 35.7 Å². The number of hydrogen-bond donors (Lipinski definition) is 2. The van der Waals surface area contributed by atoms with Crippen molar-refractivity contribution in [2.24, 2.45) is 0 Å². The van der Waals surface area contributed by atoms with Crippen molar-refractivity contribution in [2.75, 3.05) is 0 Å². The van der Waals surface area contributed by atoms with Crippen LogP contribution in [-0.2, 0) is 15.0 Å². The summed E-state index contributed by atoms with van der Waals surface area (Å²) < 4.78 is 12.3. The molecule has 5 aromatic rings. The first-order valence-electron chi connectivity index (χ1n) is 17.1. The molecule has 2 N–H and O–H groups in total. The van der Waals surface area contributed by atoms with Gasteiger partial charge in [-0.2, -0.15) is 15.2 Å². The smallest absolute Gasteiger partial charge is 0.262 e. The number of fused-ring (bicyclic) bond motifs is 1. The van der Waals surface area contributed by atoms with Gasteiger partial charge in [0.15, 0.2) is 5.82 Å². The molecule has 2 fully saturated rings. The van der Waals surface area contributed by atoms with Crippen LogP contribution >= 0.6 is 0 Å². The van der Waals surface area contributed by atoms with Crippen LogP contribution in [0.3, 0.4) is 0 Å². The van der Waals surface area contributed by atoms with Gasteiger partial charge in [0.05, 0.1) is 29.6 Å². The minimum Gasteiger partial charge on any atom is -0.489 e. The Morgan fingerprint density at radius 1 is 0.750 bits per heavy atom. The van der Waals surface area contributed by atoms with Crippen LogP contribution in [0.4, 0.5) is 0 Å². The van der Waals surface area contributed by atoms with E-state index in [9.17, 15) is 19.2 Å². The number of carbonyl (C=O) groups is 4. The van der Waals surface area contributed by atoms with Gasteiger partial charge in [-0.1, -0.05) is 56.3 Å². The van der Waals surface area contributed by atoms with Crippen molar-refractivity contribution in [3.8, 4) is 23.2 Å². The highest BCUT2D eigenvalue weighted by Crippen LogP contribution is 2.35. The molecular formula is C39H35N7O6. The summed E-state index contributed by atoms with van der Waals surface area (Å²) in [5.41, 5.74) is 2.39. The lowest BCUT2D eigenvalue weighted by Gasteiger charge is -2.41. The molecule has 8 rings (SSSR count). The zero-order chi connectivity index (χ0) is 36.0. The van der Waals surface area contributed by atoms with Crippen LogP contribution in [0.5, 0.6) is 17.4 Å². The summed E-state index contributed by atoms with van der Waals surface area (Å²) >= 11 is 0. The van der Waals surface area contributed by atoms with Crippen LogP contribution in [0.15, 0.2) is 103 Å². The van der Waals surface area contributed by atoms with E-state index in [1.807, 2.05) is 54.6 Å². The molecule has 1 saturated carbocycles. The average molecular weight is 698 g/mol. The van der Waals surface area contributed by atoms with Crippen molar-refractivity contribution in [3.63, 3.8) is 0 Å². The molecule has 1 aliphatic carbocycles. The first kappa shape index (κ1) is 33.0. The highest BCUT2D eigenvalue weighted by molar-refractivity contribution is 6.23. The molecule has 3 aliphatic rings. The van der Waals surface area contributed by atoms with Crippen LogP contribution in [0, 0.1) is 0 Å². The molecule has 4 heterocycles. The standard InChI is InChI=1S/C39H35N7O6/c1-39(2,24-12-16-26(17-13-24)52-34-9-5-8-33(43-34)46-40-20-21-41-46)23-10-14-25(15-11-23)51-32-19-18-29(32)42-30-22-31(36(48)44-35(30)47)45-37(49)27-6-3-4-7-28(27)38(45)50/h3-17,20-21,29-32,42H,18-19,22H2,1-2H3,(H,44,47,48)/t29-,30?,31?,32-/m1/s1. The topological polar surface area (TPSA) is 158 Å². The van der Waals surface area contributed by atoms with Gasteiger partial charge in [-0.05, 0) is 66.4 Å². The zero-order valence-electron chi connectivity index (χ0n) is 28.4. The molecule has 3 aromatic carbocycles. The number of benzene rings is 3. The first-order valence-corrected chi connectivity index (χ1v) is 17.1. The largest absolute Gasteiger partial charge is 0.489 e. The van der Waals surface area contributed by atoms with Crippen molar-refractivity contribution in [1.29, 1.82) is 0 Å². The molecule has 52 heavy (non-hydrogen) atoms. The van der Waals surface area contributed by atoms with Crippen LogP contribution < -0.4 is 20.1 Å². The normalized spacial score (nSPS) is 21.4. The van der Waals surface area contributed by atoms with Crippen LogP contribution in [0.25, 0.3) is 5.82 Å². The lowest BCUT2D eigenvalue weighted by Crippen LogP contribution is -2.65. The number of ether oxygens (including phenoxy) is 2. The predicted octanol–water partition coefficient (Wildman–Crippen LogP) is 4.36. The second kappa shape index (κ2) is 13.2. The van der Waals surface area contributed by atoms with Crippen LogP contribution in [-0.4, -0.2) is 72.7 Å². The predicted molar refractivity (Wildman–Crippen MR) is 187 cm³/mol. The lowest BCUT2D eigenvalue weighted by molar-refractivity contribution is -0.138. The number of aromatic nitrogens is 4. The third kappa shape index (κ3) is 6.08. The number of piperidine rings is 1. The number of amides is 4. The van der Waals surface area contributed by atoms with E-state index in [1.54, 1.807) is 48.8 Å². The summed E-state index contributed by atoms with van der Waals surface area (Å²) in [4.78, 5) is 58.7. The zero-order valence-corrected chi connectivity index (χ0v) is 28.4. The summed E-state index contributed by atoms with van der Waals surface area (Å²) in [5, 5.41) is 13.9. The van der Waals surface area contributed by atoms with Crippen LogP contribution in [0.1, 0.15) is 65.0 Å². The molecule has 2 aliphatic heterocycles. The molecule has 2 unspecified atom stereocenters. The minimum atomic E-state index is -1.10. The average Bonchev–Trinajstić information content (AvgIpc) is 3.77. The molecule has 1 saturated heterocycles. The SMILES string of the molecule is CC(C)(c1ccc(Oc2cccc(-n3nccn3)n2)cc1)c1ccc(O[C@@H]2CC[C@H]2NC2CC(N3C(=O)c4ccccc4C3=O)C(=O)NC2=O)cc1. The third-order valence-electron chi connectivity index (χ3n) is 10.1. The Bertz CT molecular complexity index is 2130. The van der Waals surface area contributed by atoms with Gasteiger partial charge in [0.25, 0.3) is 11.8 Å². The van der Waals surface area contributed by atoms with Crippen molar-refractivity contribution in [2.45, 2.75) is 62.8 Å². The fourth-order valence-corrected chi connectivity index (χ4v) is 6.90. The molecule has 0 spiro atoms. The molecule has 0 bridgehead atoms. The Kier molecular flexibility index (Phi) is 8.34. The van der Waals surface area contributed by atoms with Gasteiger partial charge in [-0.3, -0.25) is 34.7 Å². The molecule has 13 nitrogen and oxygen atoms in total. The van der Waals surface area contributed by atoms with Crippen molar-refractivity contribution >= 4 is 23.6 Å². The monoisotopic (exact) mass is 697 g/mol. The van der Waals surface area contributed by atoms with Gasteiger partial charge in [0.2, 0.25) is 17.7 Å². The fraction of sp³-hybridized carbons (Fsp3) is 0.256. The third-order valence-corrected chi connectivity index (χ3v) is 10.1. The molecule has 13 heteroatoms. The molecule has 262 valence electrons. The summed E-state index contributed by atoms with van der Waals surface area (Å²) in [6.07, 6.45) is 4.53. The number of hydrogen-bond acceptors (Lipinski definition) is 10. The Hall–Kier alpha value is -6.21. The van der Waals surface area contributed by atoms with E-state index in [0.29, 0.717) is 23.2 Å². The summed E-state index contributed by atoms with van der Waals surface area (Å²) in [7, 11) is 0. The van der Waals surface area contributed by atoms with Gasteiger partial charge < -0.3 is 9.47 Å². The number of rotatable bonds is 10. The van der Waals surface area contributed by atoms with Gasteiger partial charge in [0, 0.05) is 23.9 Å². The van der Waals surface area contributed by atoms with E-state index in [-0.39, 0.29) is 35.1 Å². The maximum Gasteiger partial charge on any atom is 0.262 e. The van der Waals surface area contributed by atoms with Crippen molar-refractivity contribution in [1.82, 2.24) is 35.5 Å². The molecule has 4 amide bonds. The van der Waals surface area contributed by atoms with Crippen LogP contribution in [0.2, 0.25) is 0 Å². The maximum atomic E-state index is 13.1. The minimum absolute atomic E-state index is 0.00981. The molecular weight excluding hydrogens is 662 g/mol. The number of carbonyl (C=O) groups excluding carboxylic acids is 4. The highest BCUT2D eigenvalue weighted by atomic mass is 16.5. The summed E-state index contributed by atoms with van der Waals surface area (Å²) in [5.74, 6) is 0.142. The Morgan fingerprint density at radius 3 is 2.00 bits per heavy atom. The van der Waals surface area contributed by atoms with E-state index in [0.717, 1.165) is 28.9 Å². The van der Waals surface area contributed by atoms with E-state index in [2.05, 4.69) is 39.7 Å². The lowest BCUT2D eigenvalue weighted by atomic mass is 9.78. The number of imide groups is 2. The Balaban J connectivity index is 0.880. The quantitative estimate of drug-likeness (QED) is 0.201. The van der Waals surface area contributed by atoms with Gasteiger partial charge in [-0.15, -0.1) is 4.80 Å². The van der Waals surface area contributed by atoms with Gasteiger partial charge >= 0.3 is 0 Å². The van der Waals surface area contributed by atoms with E-state index in [1.165, 1.54) is 4.80 Å². The summed E-state index contributed by atoms with van der Waals surface area (Å²) in [6, 6.07) is 25.8. The Labute approximate surface area is 298 Å². The highest BCUT2D eigenvalue weighted by Gasteiger charge is 2.48. The second-order valence-electron chi connectivity index (χ2n) is 13.6. The molecule has 4 atom stereocenters. The van der Waals surface area contributed by atoms with Gasteiger partial charge in [-0.25, -0.2) is 0 Å². The fourth-order valence-electron chi connectivity index (χ4n) is 6.90. The maximum absolute atomic E-state index is 13.1. The van der Waals surface area contributed by atoms with Crippen molar-refractivity contribution in [3.05, 3.63) is 126 Å².